The van der Waals surface area contributed by atoms with Crippen LogP contribution in [0.5, 0.6) is 0 Å². The summed E-state index contributed by atoms with van der Waals surface area (Å²) in [4.78, 5) is 0. The first-order chi connectivity index (χ1) is 24.7. The van der Waals surface area contributed by atoms with Gasteiger partial charge in [0.05, 0.1) is 11.0 Å². The van der Waals surface area contributed by atoms with Crippen LogP contribution in [0.1, 0.15) is 37.5 Å². The van der Waals surface area contributed by atoms with E-state index < -0.39 is 0 Å². The second-order valence-corrected chi connectivity index (χ2v) is 15.2. The van der Waals surface area contributed by atoms with Gasteiger partial charge in [-0.1, -0.05) is 147 Å². The Morgan fingerprint density at radius 2 is 0.843 bits per heavy atom. The first-order valence-electron chi connectivity index (χ1n) is 18.0. The Kier molecular flexibility index (Phi) is 7.22. The van der Waals surface area contributed by atoms with Crippen molar-refractivity contribution in [2.75, 3.05) is 0 Å². The Balaban J connectivity index is 1.26. The summed E-state index contributed by atoms with van der Waals surface area (Å²) in [5, 5.41) is 7.72. The minimum atomic E-state index is 0.0233. The maximum Gasteiger partial charge on any atom is 0.0541 e. The van der Waals surface area contributed by atoms with Crippen LogP contribution in [0.2, 0.25) is 0 Å². The van der Waals surface area contributed by atoms with Gasteiger partial charge in [0, 0.05) is 16.5 Å². The van der Waals surface area contributed by atoms with Gasteiger partial charge >= 0.3 is 0 Å². The fourth-order valence-electron chi connectivity index (χ4n) is 8.03. The van der Waals surface area contributed by atoms with Crippen molar-refractivity contribution in [3.05, 3.63) is 174 Å². The largest absolute Gasteiger partial charge is 0.309 e. The quantitative estimate of drug-likeness (QED) is 0.166. The van der Waals surface area contributed by atoms with Gasteiger partial charge in [0.25, 0.3) is 0 Å². The summed E-state index contributed by atoms with van der Waals surface area (Å²) in [6, 6.07) is 58.8. The van der Waals surface area contributed by atoms with E-state index in [9.17, 15) is 0 Å². The molecule has 1 heterocycles. The molecule has 0 aliphatic rings. The number of benzene rings is 8. The van der Waals surface area contributed by atoms with Crippen molar-refractivity contribution in [2.24, 2.45) is 0 Å². The van der Waals surface area contributed by atoms with E-state index in [1.165, 1.54) is 99.1 Å². The fraction of sp³-hybridized carbons (Fsp3) is 0.120. The van der Waals surface area contributed by atoms with Crippen molar-refractivity contribution < 1.29 is 0 Å². The molecule has 9 aromatic rings. The molecule has 8 aromatic carbocycles. The molecular formula is C50H41N. The second kappa shape index (κ2) is 11.9. The van der Waals surface area contributed by atoms with Crippen LogP contribution in [0.25, 0.3) is 82.4 Å². The average molecular weight is 656 g/mol. The van der Waals surface area contributed by atoms with Crippen LogP contribution in [0.4, 0.5) is 0 Å². The summed E-state index contributed by atoms with van der Waals surface area (Å²) >= 11 is 0. The van der Waals surface area contributed by atoms with Crippen LogP contribution in [0.15, 0.2) is 158 Å². The van der Waals surface area contributed by atoms with Gasteiger partial charge in [0.1, 0.15) is 0 Å². The number of nitrogens with zero attached hydrogens (tertiary/aromatic N) is 1. The van der Waals surface area contributed by atoms with Gasteiger partial charge < -0.3 is 4.57 Å². The normalized spacial score (nSPS) is 12.0. The van der Waals surface area contributed by atoms with E-state index in [4.69, 9.17) is 0 Å². The summed E-state index contributed by atoms with van der Waals surface area (Å²) in [7, 11) is 0. The molecule has 246 valence electrons. The molecule has 0 saturated heterocycles. The van der Waals surface area contributed by atoms with Crippen LogP contribution in [-0.2, 0) is 5.41 Å². The Labute approximate surface area is 300 Å². The Bertz CT molecular complexity index is 2700. The highest BCUT2D eigenvalue weighted by Crippen LogP contribution is 2.45. The number of rotatable bonds is 4. The summed E-state index contributed by atoms with van der Waals surface area (Å²) in [5.41, 5.74) is 15.1. The Hall–Kier alpha value is -5.92. The molecule has 0 fully saturated rings. The van der Waals surface area contributed by atoms with Crippen LogP contribution < -0.4 is 0 Å². The molecule has 51 heavy (non-hydrogen) atoms. The van der Waals surface area contributed by atoms with Crippen molar-refractivity contribution >= 4 is 43.4 Å². The van der Waals surface area contributed by atoms with E-state index >= 15 is 0 Å². The molecule has 1 heteroatoms. The monoisotopic (exact) mass is 655 g/mol. The summed E-state index contributed by atoms with van der Waals surface area (Å²) in [6.07, 6.45) is 0. The van der Waals surface area contributed by atoms with Crippen molar-refractivity contribution in [1.82, 2.24) is 4.57 Å². The zero-order valence-electron chi connectivity index (χ0n) is 30.0. The molecule has 0 unspecified atom stereocenters. The third kappa shape index (κ3) is 5.24. The minimum absolute atomic E-state index is 0.0233. The van der Waals surface area contributed by atoms with Gasteiger partial charge in [-0.2, -0.15) is 0 Å². The number of hydrogen-bond acceptors (Lipinski definition) is 0. The van der Waals surface area contributed by atoms with E-state index in [2.05, 4.69) is 197 Å². The molecule has 0 aliphatic carbocycles. The molecule has 0 radical (unpaired) electrons. The lowest BCUT2D eigenvalue weighted by atomic mass is 9.81. The predicted molar refractivity (Wildman–Crippen MR) is 220 cm³/mol. The summed E-state index contributed by atoms with van der Waals surface area (Å²) in [6.45, 7) is 11.3. The van der Waals surface area contributed by atoms with E-state index in [1.54, 1.807) is 0 Å². The maximum absolute atomic E-state index is 2.45. The van der Waals surface area contributed by atoms with Crippen molar-refractivity contribution in [3.63, 3.8) is 0 Å². The molecule has 0 spiro atoms. The number of aromatic nitrogens is 1. The molecule has 0 amide bonds. The molecule has 0 aliphatic heterocycles. The van der Waals surface area contributed by atoms with Gasteiger partial charge in [-0.05, 0) is 122 Å². The van der Waals surface area contributed by atoms with Crippen molar-refractivity contribution in [3.8, 4) is 39.1 Å². The van der Waals surface area contributed by atoms with Gasteiger partial charge in [-0.3, -0.25) is 0 Å². The highest BCUT2D eigenvalue weighted by Gasteiger charge is 2.21. The molecule has 0 atom stereocenters. The van der Waals surface area contributed by atoms with E-state index in [1.807, 2.05) is 0 Å². The van der Waals surface area contributed by atoms with Crippen LogP contribution in [0.3, 0.4) is 0 Å². The van der Waals surface area contributed by atoms with Crippen molar-refractivity contribution in [2.45, 2.75) is 40.0 Å². The molecule has 1 nitrogen and oxygen atoms in total. The lowest BCUT2D eigenvalue weighted by Gasteiger charge is -2.23. The highest BCUT2D eigenvalue weighted by molar-refractivity contribution is 6.21. The molecular weight excluding hydrogens is 615 g/mol. The van der Waals surface area contributed by atoms with Crippen LogP contribution in [0, 0.1) is 13.8 Å². The maximum atomic E-state index is 2.45. The zero-order chi connectivity index (χ0) is 34.9. The molecule has 9 rings (SSSR count). The average Bonchev–Trinajstić information content (AvgIpc) is 3.46. The third-order valence-corrected chi connectivity index (χ3v) is 10.7. The minimum Gasteiger partial charge on any atom is -0.309 e. The first kappa shape index (κ1) is 31.1. The number of hydrogen-bond donors (Lipinski definition) is 0. The number of fused-ring (bicyclic) bond motifs is 5. The lowest BCUT2D eigenvalue weighted by molar-refractivity contribution is 0.591. The molecule has 1 aromatic heterocycles. The lowest BCUT2D eigenvalue weighted by Crippen LogP contribution is -2.10. The van der Waals surface area contributed by atoms with Gasteiger partial charge in [0.15, 0.2) is 0 Å². The first-order valence-corrected chi connectivity index (χ1v) is 18.0. The van der Waals surface area contributed by atoms with E-state index in [0.29, 0.717) is 0 Å². The van der Waals surface area contributed by atoms with E-state index in [0.717, 1.165) is 0 Å². The van der Waals surface area contributed by atoms with Gasteiger partial charge in [0.2, 0.25) is 0 Å². The Morgan fingerprint density at radius 3 is 1.41 bits per heavy atom. The standard InChI is InChI=1S/C50H41N/c1-32-15-27-46-43(29-32)44-30-33(2)16-28-47(44)51(46)39-24-21-37(22-25-39)48-40-13-9-10-14-41(40)49(45-31-38(50(3,4)5)23-26-42(45)48)36-19-17-35(18-20-36)34-11-7-6-8-12-34/h6-31H,1-5H3. The third-order valence-electron chi connectivity index (χ3n) is 10.7. The van der Waals surface area contributed by atoms with Crippen molar-refractivity contribution in [1.29, 1.82) is 0 Å². The zero-order valence-corrected chi connectivity index (χ0v) is 30.0. The SMILES string of the molecule is Cc1ccc2c(c1)c1cc(C)ccc1n2-c1ccc(-c2c3ccccc3c(-c3ccc(-c4ccccc4)cc3)c3cc(C(C)(C)C)ccc23)cc1. The molecule has 0 saturated carbocycles. The summed E-state index contributed by atoms with van der Waals surface area (Å²) in [5.74, 6) is 0. The molecule has 0 N–H and O–H groups in total. The smallest absolute Gasteiger partial charge is 0.0541 e. The van der Waals surface area contributed by atoms with Crippen LogP contribution in [-0.4, -0.2) is 4.57 Å². The van der Waals surface area contributed by atoms with E-state index in [-0.39, 0.29) is 5.41 Å². The second-order valence-electron chi connectivity index (χ2n) is 15.2. The van der Waals surface area contributed by atoms with Crippen LogP contribution >= 0.6 is 0 Å². The highest BCUT2D eigenvalue weighted by atomic mass is 15.0. The Morgan fingerprint density at radius 1 is 0.373 bits per heavy atom. The number of aryl methyl sites for hydroxylation is 2. The summed E-state index contributed by atoms with van der Waals surface area (Å²) < 4.78 is 2.42. The topological polar surface area (TPSA) is 4.93 Å². The fourth-order valence-corrected chi connectivity index (χ4v) is 8.03. The molecule has 0 bridgehead atoms. The predicted octanol–water partition coefficient (Wildman–Crippen LogP) is 14.0. The van der Waals surface area contributed by atoms with Gasteiger partial charge in [-0.15, -0.1) is 0 Å². The van der Waals surface area contributed by atoms with Gasteiger partial charge in [-0.25, -0.2) is 0 Å².